The number of amides is 1. The van der Waals surface area contributed by atoms with Gasteiger partial charge in [-0.3, -0.25) is 9.69 Å². The van der Waals surface area contributed by atoms with E-state index in [1.165, 1.54) is 4.88 Å². The minimum absolute atomic E-state index is 0.0788. The van der Waals surface area contributed by atoms with E-state index in [1.54, 1.807) is 29.5 Å². The molecule has 0 aliphatic rings. The fourth-order valence-electron chi connectivity index (χ4n) is 1.78. The highest BCUT2D eigenvalue weighted by Gasteiger charge is 2.08. The average molecular weight is 310 g/mol. The van der Waals surface area contributed by atoms with Crippen LogP contribution in [0, 0.1) is 0 Å². The van der Waals surface area contributed by atoms with Crippen LogP contribution in [0.2, 0.25) is 5.02 Å². The first-order chi connectivity index (χ1) is 9.54. The second-order valence-corrected chi connectivity index (χ2v) is 5.98. The lowest BCUT2D eigenvalue weighted by Gasteiger charge is -2.15. The maximum atomic E-state index is 11.9. The van der Waals surface area contributed by atoms with E-state index in [9.17, 15) is 4.79 Å². The van der Waals surface area contributed by atoms with Crippen molar-refractivity contribution in [2.24, 2.45) is 0 Å². The van der Waals surface area contributed by atoms with Crippen molar-refractivity contribution in [1.82, 2.24) is 4.90 Å². The van der Waals surface area contributed by atoms with E-state index >= 15 is 0 Å². The summed E-state index contributed by atoms with van der Waals surface area (Å²) in [5.74, 6) is -0.0788. The van der Waals surface area contributed by atoms with E-state index in [-0.39, 0.29) is 5.91 Å². The monoisotopic (exact) mass is 309 g/mol. The number of nitrogens with one attached hydrogen (secondary N) is 1. The summed E-state index contributed by atoms with van der Waals surface area (Å²) in [6.45, 7) is 1.08. The molecule has 0 saturated heterocycles. The molecule has 20 heavy (non-hydrogen) atoms. The second kappa shape index (κ2) is 6.74. The maximum Gasteiger partial charge on any atom is 0.238 e. The number of likely N-dealkylation sites (N-methyl/N-ethyl adjacent to an activating group) is 1. The highest BCUT2D eigenvalue weighted by atomic mass is 35.5. The van der Waals surface area contributed by atoms with Gasteiger partial charge in [-0.05, 0) is 36.7 Å². The Morgan fingerprint density at radius 1 is 1.45 bits per heavy atom. The molecule has 1 aromatic carbocycles. The van der Waals surface area contributed by atoms with E-state index < -0.39 is 0 Å². The Labute approximate surface area is 127 Å². The van der Waals surface area contributed by atoms with E-state index in [0.717, 1.165) is 6.54 Å². The summed E-state index contributed by atoms with van der Waals surface area (Å²) in [4.78, 5) is 15.1. The molecule has 0 unspecified atom stereocenters. The summed E-state index contributed by atoms with van der Waals surface area (Å²) >= 11 is 7.59. The zero-order valence-corrected chi connectivity index (χ0v) is 12.7. The molecule has 3 N–H and O–H groups in total. The molecule has 0 aliphatic carbocycles. The Bertz CT molecular complexity index is 586. The first kappa shape index (κ1) is 14.8. The first-order valence-corrected chi connectivity index (χ1v) is 7.36. The zero-order chi connectivity index (χ0) is 14.5. The highest BCUT2D eigenvalue weighted by molar-refractivity contribution is 7.09. The van der Waals surface area contributed by atoms with Crippen LogP contribution in [0.5, 0.6) is 0 Å². The number of benzene rings is 1. The normalized spacial score (nSPS) is 10.8. The molecule has 2 rings (SSSR count). The Kier molecular flexibility index (Phi) is 5.00. The van der Waals surface area contributed by atoms with Crippen LogP contribution in [0.1, 0.15) is 4.88 Å². The predicted molar refractivity (Wildman–Crippen MR) is 85.1 cm³/mol. The van der Waals surface area contributed by atoms with Gasteiger partial charge in [0.15, 0.2) is 0 Å². The van der Waals surface area contributed by atoms with Gasteiger partial charge in [0.1, 0.15) is 0 Å². The Morgan fingerprint density at radius 3 is 2.90 bits per heavy atom. The van der Waals surface area contributed by atoms with Crippen molar-refractivity contribution < 1.29 is 4.79 Å². The molecule has 0 fully saturated rings. The average Bonchev–Trinajstić information content (AvgIpc) is 2.86. The van der Waals surface area contributed by atoms with Crippen LogP contribution < -0.4 is 11.1 Å². The van der Waals surface area contributed by atoms with E-state index in [1.807, 2.05) is 23.4 Å². The van der Waals surface area contributed by atoms with Gasteiger partial charge in [0.2, 0.25) is 5.91 Å². The molecule has 0 aliphatic heterocycles. The van der Waals surface area contributed by atoms with Crippen molar-refractivity contribution in [2.45, 2.75) is 6.54 Å². The molecule has 0 bridgehead atoms. The van der Waals surface area contributed by atoms with Crippen molar-refractivity contribution in [3.63, 3.8) is 0 Å². The molecule has 0 atom stereocenters. The van der Waals surface area contributed by atoms with Crippen molar-refractivity contribution in [2.75, 3.05) is 24.6 Å². The number of hydrogen-bond donors (Lipinski definition) is 2. The fraction of sp³-hybridized carbons (Fsp3) is 0.214. The molecular weight excluding hydrogens is 294 g/mol. The number of hydrogen-bond acceptors (Lipinski definition) is 4. The summed E-state index contributed by atoms with van der Waals surface area (Å²) in [6.07, 6.45) is 0. The highest BCUT2D eigenvalue weighted by Crippen LogP contribution is 2.22. The molecule has 0 radical (unpaired) electrons. The number of halogens is 1. The van der Waals surface area contributed by atoms with Crippen LogP contribution in [0.4, 0.5) is 11.4 Å². The third-order valence-corrected chi connectivity index (χ3v) is 3.89. The minimum Gasteiger partial charge on any atom is -0.398 e. The van der Waals surface area contributed by atoms with Gasteiger partial charge in [-0.1, -0.05) is 17.7 Å². The number of nitrogen functional groups attached to an aromatic ring is 1. The largest absolute Gasteiger partial charge is 0.398 e. The zero-order valence-electron chi connectivity index (χ0n) is 11.1. The number of carbonyl (C=O) groups excluding carboxylic acids is 1. The van der Waals surface area contributed by atoms with Gasteiger partial charge >= 0.3 is 0 Å². The van der Waals surface area contributed by atoms with E-state index in [2.05, 4.69) is 11.4 Å². The molecule has 1 aromatic heterocycles. The second-order valence-electron chi connectivity index (χ2n) is 4.54. The SMILES string of the molecule is CN(CC(=O)Nc1ccc(N)c(Cl)c1)Cc1cccs1. The van der Waals surface area contributed by atoms with Gasteiger partial charge in [-0.15, -0.1) is 11.3 Å². The van der Waals surface area contributed by atoms with Gasteiger partial charge < -0.3 is 11.1 Å². The number of anilines is 2. The molecule has 1 heterocycles. The predicted octanol–water partition coefficient (Wildman–Crippen LogP) is 3.05. The molecule has 0 spiro atoms. The van der Waals surface area contributed by atoms with Crippen molar-refractivity contribution >= 4 is 40.2 Å². The summed E-state index contributed by atoms with van der Waals surface area (Å²) in [5.41, 5.74) is 6.78. The number of nitrogens with two attached hydrogens (primary N) is 1. The Morgan fingerprint density at radius 2 is 2.25 bits per heavy atom. The van der Waals surface area contributed by atoms with Gasteiger partial charge in [-0.25, -0.2) is 0 Å². The summed E-state index contributed by atoms with van der Waals surface area (Å²) in [5, 5.41) is 5.27. The van der Waals surface area contributed by atoms with Crippen LogP contribution in [-0.4, -0.2) is 24.4 Å². The van der Waals surface area contributed by atoms with Gasteiger partial charge in [0.25, 0.3) is 0 Å². The molecular formula is C14H16ClN3OS. The van der Waals surface area contributed by atoms with Gasteiger partial charge in [0, 0.05) is 17.1 Å². The number of nitrogens with zero attached hydrogens (tertiary/aromatic N) is 1. The summed E-state index contributed by atoms with van der Waals surface area (Å²) in [7, 11) is 1.91. The topological polar surface area (TPSA) is 58.4 Å². The van der Waals surface area contributed by atoms with E-state index in [4.69, 9.17) is 17.3 Å². The van der Waals surface area contributed by atoms with Crippen molar-refractivity contribution in [3.05, 3.63) is 45.6 Å². The minimum atomic E-state index is -0.0788. The lowest BCUT2D eigenvalue weighted by atomic mass is 10.3. The van der Waals surface area contributed by atoms with Crippen LogP contribution in [0.25, 0.3) is 0 Å². The van der Waals surface area contributed by atoms with E-state index in [0.29, 0.717) is 22.9 Å². The maximum absolute atomic E-state index is 11.9. The summed E-state index contributed by atoms with van der Waals surface area (Å²) in [6, 6.07) is 9.11. The molecule has 0 saturated carbocycles. The summed E-state index contributed by atoms with van der Waals surface area (Å²) < 4.78 is 0. The van der Waals surface area contributed by atoms with Crippen LogP contribution in [-0.2, 0) is 11.3 Å². The Balaban J connectivity index is 1.87. The Hall–Kier alpha value is -1.56. The van der Waals surface area contributed by atoms with Gasteiger partial charge in [-0.2, -0.15) is 0 Å². The lowest BCUT2D eigenvalue weighted by molar-refractivity contribution is -0.117. The third-order valence-electron chi connectivity index (χ3n) is 2.70. The van der Waals surface area contributed by atoms with Crippen molar-refractivity contribution in [3.8, 4) is 0 Å². The van der Waals surface area contributed by atoms with Gasteiger partial charge in [0.05, 0.1) is 17.3 Å². The third kappa shape index (κ3) is 4.23. The molecule has 2 aromatic rings. The smallest absolute Gasteiger partial charge is 0.238 e. The van der Waals surface area contributed by atoms with Crippen LogP contribution in [0.3, 0.4) is 0 Å². The van der Waals surface area contributed by atoms with Crippen molar-refractivity contribution in [1.29, 1.82) is 0 Å². The molecule has 6 heteroatoms. The molecule has 106 valence electrons. The first-order valence-electron chi connectivity index (χ1n) is 6.10. The number of rotatable bonds is 5. The van der Waals surface area contributed by atoms with Crippen LogP contribution in [0.15, 0.2) is 35.7 Å². The number of carbonyl (C=O) groups is 1. The molecule has 4 nitrogen and oxygen atoms in total. The quantitative estimate of drug-likeness (QED) is 0.835. The number of thiophene rings is 1. The fourth-order valence-corrected chi connectivity index (χ4v) is 2.74. The standard InChI is InChI=1S/C14H16ClN3OS/c1-18(8-11-3-2-6-20-11)9-14(19)17-10-4-5-13(16)12(15)7-10/h2-7H,8-9,16H2,1H3,(H,17,19). The van der Waals surface area contributed by atoms with Crippen LogP contribution >= 0.6 is 22.9 Å². The lowest BCUT2D eigenvalue weighted by Crippen LogP contribution is -2.29. The molecule has 1 amide bonds.